The van der Waals surface area contributed by atoms with Gasteiger partial charge in [-0.15, -0.1) is 0 Å². The second-order valence-corrected chi connectivity index (χ2v) is 13.4. The van der Waals surface area contributed by atoms with Crippen LogP contribution in [0.2, 0.25) is 13.3 Å². The summed E-state index contributed by atoms with van der Waals surface area (Å²) in [4.78, 5) is 0. The minimum absolute atomic E-state index is 0.918. The van der Waals surface area contributed by atoms with Crippen LogP contribution < -0.4 is 0 Å². The molecular weight excluding hydrogens is 287 g/mol. The van der Waals surface area contributed by atoms with Gasteiger partial charge in [0, 0.05) is 0 Å². The van der Waals surface area contributed by atoms with Crippen molar-refractivity contribution in [3.05, 3.63) is 6.42 Å². The molecule has 0 aromatic carbocycles. The van der Waals surface area contributed by atoms with E-state index in [1.54, 1.807) is 13.3 Å². The van der Waals surface area contributed by atoms with Crippen molar-refractivity contribution in [2.24, 2.45) is 5.92 Å². The van der Waals surface area contributed by atoms with Crippen LogP contribution in [0, 0.1) is 12.3 Å². The van der Waals surface area contributed by atoms with E-state index in [0.717, 1.165) is 5.92 Å². The second-order valence-electron chi connectivity index (χ2n) is 5.13. The first-order chi connectivity index (χ1) is 7.36. The van der Waals surface area contributed by atoms with Crippen LogP contribution in [-0.2, 0) is 0 Å². The number of rotatable bonds is 8. The van der Waals surface area contributed by atoms with Gasteiger partial charge in [0.15, 0.2) is 0 Å². The van der Waals surface area contributed by atoms with Gasteiger partial charge in [-0.3, -0.25) is 0 Å². The van der Waals surface area contributed by atoms with Gasteiger partial charge in [-0.05, 0) is 0 Å². The van der Waals surface area contributed by atoms with Crippen molar-refractivity contribution in [2.75, 3.05) is 0 Å². The van der Waals surface area contributed by atoms with Crippen LogP contribution in [0.4, 0.5) is 0 Å². The molecule has 87 valence electrons. The predicted molar refractivity (Wildman–Crippen MR) is 71.6 cm³/mol. The van der Waals surface area contributed by atoms with Crippen molar-refractivity contribution in [1.29, 1.82) is 0 Å². The van der Waals surface area contributed by atoms with Crippen LogP contribution in [0.5, 0.6) is 0 Å². The van der Waals surface area contributed by atoms with Gasteiger partial charge in [-0.25, -0.2) is 0 Å². The van der Waals surface area contributed by atoms with E-state index in [2.05, 4.69) is 20.3 Å². The molecule has 0 N–H and O–H groups in total. The van der Waals surface area contributed by atoms with Gasteiger partial charge in [0.1, 0.15) is 0 Å². The van der Waals surface area contributed by atoms with Crippen molar-refractivity contribution >= 4 is 19.8 Å². The van der Waals surface area contributed by atoms with Gasteiger partial charge in [0.05, 0.1) is 0 Å². The van der Waals surface area contributed by atoms with E-state index in [0.29, 0.717) is 0 Å². The number of unbranched alkanes of at least 4 members (excludes halogenated alkanes) is 2. The van der Waals surface area contributed by atoms with E-state index in [4.69, 9.17) is 0 Å². The molecular formula is C14H28Sn+. The van der Waals surface area contributed by atoms with E-state index in [1.807, 2.05) is 0 Å². The fourth-order valence-corrected chi connectivity index (χ4v) is 12.7. The zero-order valence-corrected chi connectivity index (χ0v) is 13.6. The SMILES string of the molecule is CCC[CH2][Sn]([CH2]CCC)[CH2]C1C[CH+]CC1. The van der Waals surface area contributed by atoms with Gasteiger partial charge in [-0.1, -0.05) is 0 Å². The zero-order valence-electron chi connectivity index (χ0n) is 10.7. The van der Waals surface area contributed by atoms with Crippen LogP contribution in [-0.4, -0.2) is 19.8 Å². The predicted octanol–water partition coefficient (Wildman–Crippen LogP) is 5.09. The first-order valence-corrected chi connectivity index (χ1v) is 13.1. The average molecular weight is 315 g/mol. The third-order valence-electron chi connectivity index (χ3n) is 3.62. The molecule has 0 spiro atoms. The molecule has 1 aliphatic rings. The molecule has 1 fully saturated rings. The molecule has 1 radical (unpaired) electrons. The fraction of sp³-hybridized carbons (Fsp3) is 0.929. The Morgan fingerprint density at radius 2 is 1.80 bits per heavy atom. The summed E-state index contributed by atoms with van der Waals surface area (Å²) >= 11 is -0.918. The summed E-state index contributed by atoms with van der Waals surface area (Å²) in [5.74, 6) is 1.13. The molecule has 0 heterocycles. The summed E-state index contributed by atoms with van der Waals surface area (Å²) in [5, 5.41) is 0. The topological polar surface area (TPSA) is 0 Å². The molecule has 0 saturated heterocycles. The Morgan fingerprint density at radius 3 is 2.27 bits per heavy atom. The quantitative estimate of drug-likeness (QED) is 0.432. The molecule has 0 nitrogen and oxygen atoms in total. The van der Waals surface area contributed by atoms with Gasteiger partial charge in [0.2, 0.25) is 0 Å². The molecule has 0 aliphatic heterocycles. The van der Waals surface area contributed by atoms with Crippen molar-refractivity contribution in [2.45, 2.75) is 72.1 Å². The molecule has 1 unspecified atom stereocenters. The second kappa shape index (κ2) is 8.78. The maximum absolute atomic E-state index is 2.53. The van der Waals surface area contributed by atoms with Crippen LogP contribution in [0.15, 0.2) is 0 Å². The van der Waals surface area contributed by atoms with Crippen LogP contribution in [0.1, 0.15) is 58.8 Å². The van der Waals surface area contributed by atoms with E-state index in [1.165, 1.54) is 44.9 Å². The molecule has 0 bridgehead atoms. The third kappa shape index (κ3) is 6.09. The molecule has 1 rings (SSSR count). The first kappa shape index (κ1) is 13.7. The van der Waals surface area contributed by atoms with Gasteiger partial charge in [0.25, 0.3) is 0 Å². The van der Waals surface area contributed by atoms with Crippen molar-refractivity contribution in [1.82, 2.24) is 0 Å². The molecule has 0 aromatic heterocycles. The van der Waals surface area contributed by atoms with Gasteiger partial charge >= 0.3 is 104 Å². The molecule has 1 saturated carbocycles. The summed E-state index contributed by atoms with van der Waals surface area (Å²) < 4.78 is 5.10. The Morgan fingerprint density at radius 1 is 1.13 bits per heavy atom. The minimum atomic E-state index is -0.918. The Balaban J connectivity index is 2.19. The standard InChI is InChI=1S/C6H10.2C4H9.Sn/c1-6-4-2-3-5-6;2*1-3-4-2;/h2,6H,1,3-5H2;2*1,3-4H2,2H3;/q+1;;;. The van der Waals surface area contributed by atoms with E-state index >= 15 is 0 Å². The Hall–Kier alpha value is 0.669. The monoisotopic (exact) mass is 316 g/mol. The van der Waals surface area contributed by atoms with Crippen molar-refractivity contribution < 1.29 is 0 Å². The molecule has 1 heteroatoms. The zero-order chi connectivity index (χ0) is 10.9. The van der Waals surface area contributed by atoms with Gasteiger partial charge < -0.3 is 0 Å². The Kier molecular flexibility index (Phi) is 8.04. The number of hydrogen-bond acceptors (Lipinski definition) is 0. The van der Waals surface area contributed by atoms with Crippen LogP contribution in [0.3, 0.4) is 0 Å². The average Bonchev–Trinajstić information content (AvgIpc) is 2.74. The fourth-order valence-electron chi connectivity index (χ4n) is 2.60. The van der Waals surface area contributed by atoms with Gasteiger partial charge in [-0.2, -0.15) is 0 Å². The molecule has 0 amide bonds. The van der Waals surface area contributed by atoms with E-state index in [9.17, 15) is 0 Å². The maximum atomic E-state index is 2.53. The van der Waals surface area contributed by atoms with Crippen LogP contribution >= 0.6 is 0 Å². The Bertz CT molecular complexity index is 130. The summed E-state index contributed by atoms with van der Waals surface area (Å²) in [5.41, 5.74) is 0. The molecule has 1 atom stereocenters. The Labute approximate surface area is 104 Å². The normalized spacial score (nSPS) is 20.9. The molecule has 1 aliphatic carbocycles. The number of hydrogen-bond donors (Lipinski definition) is 0. The summed E-state index contributed by atoms with van der Waals surface area (Å²) in [6, 6.07) is 0. The molecule has 0 aromatic rings. The first-order valence-electron chi connectivity index (χ1n) is 7.02. The summed E-state index contributed by atoms with van der Waals surface area (Å²) in [7, 11) is 0. The van der Waals surface area contributed by atoms with Crippen molar-refractivity contribution in [3.8, 4) is 0 Å². The molecule has 15 heavy (non-hydrogen) atoms. The van der Waals surface area contributed by atoms with E-state index < -0.39 is 19.8 Å². The van der Waals surface area contributed by atoms with Crippen molar-refractivity contribution in [3.63, 3.8) is 0 Å². The summed E-state index contributed by atoms with van der Waals surface area (Å²) in [6.45, 7) is 4.70. The van der Waals surface area contributed by atoms with E-state index in [-0.39, 0.29) is 0 Å². The summed E-state index contributed by atoms with van der Waals surface area (Å²) in [6.07, 6.45) is 12.9. The van der Waals surface area contributed by atoms with Crippen LogP contribution in [0.25, 0.3) is 0 Å². The third-order valence-corrected chi connectivity index (χ3v) is 13.0.